The van der Waals surface area contributed by atoms with Crippen LogP contribution in [-0.2, 0) is 9.53 Å². The number of nitrogens with one attached hydrogen (secondary N) is 1. The van der Waals surface area contributed by atoms with Gasteiger partial charge in [0, 0.05) is 25.3 Å². The van der Waals surface area contributed by atoms with E-state index in [0.29, 0.717) is 12.1 Å². The first kappa shape index (κ1) is 13.2. The number of carbonyl (C=O) groups is 1. The summed E-state index contributed by atoms with van der Waals surface area (Å²) in [5.74, 6) is -0.0708. The van der Waals surface area contributed by atoms with Gasteiger partial charge < -0.3 is 10.1 Å². The van der Waals surface area contributed by atoms with Gasteiger partial charge in [0.05, 0.1) is 0 Å². The second kappa shape index (κ2) is 8.75. The molecule has 0 aliphatic rings. The monoisotopic (exact) mass is 199 g/mol. The van der Waals surface area contributed by atoms with E-state index in [1.807, 2.05) is 0 Å². The highest BCUT2D eigenvalue weighted by Crippen LogP contribution is 1.90. The SMILES string of the molecule is C=C(C)C(=O)NCCCOCCCC. The first-order chi connectivity index (χ1) is 6.68. The highest BCUT2D eigenvalue weighted by molar-refractivity contribution is 5.91. The molecule has 3 nitrogen and oxygen atoms in total. The molecule has 0 aromatic heterocycles. The molecule has 0 aliphatic heterocycles. The zero-order chi connectivity index (χ0) is 10.8. The van der Waals surface area contributed by atoms with E-state index in [2.05, 4.69) is 18.8 Å². The van der Waals surface area contributed by atoms with Crippen molar-refractivity contribution in [1.82, 2.24) is 5.32 Å². The minimum absolute atomic E-state index is 0.0708. The third-order valence-electron chi connectivity index (χ3n) is 1.78. The molecule has 0 rings (SSSR count). The number of hydrogen-bond acceptors (Lipinski definition) is 2. The lowest BCUT2D eigenvalue weighted by Crippen LogP contribution is -2.25. The Balaban J connectivity index is 3.13. The van der Waals surface area contributed by atoms with Crippen LogP contribution in [0.2, 0.25) is 0 Å². The molecule has 0 spiro atoms. The van der Waals surface area contributed by atoms with Gasteiger partial charge in [-0.2, -0.15) is 0 Å². The lowest BCUT2D eigenvalue weighted by molar-refractivity contribution is -0.117. The lowest BCUT2D eigenvalue weighted by atomic mass is 10.3. The van der Waals surface area contributed by atoms with Gasteiger partial charge in [0.1, 0.15) is 0 Å². The van der Waals surface area contributed by atoms with Crippen molar-refractivity contribution in [1.29, 1.82) is 0 Å². The average Bonchev–Trinajstić information content (AvgIpc) is 2.16. The van der Waals surface area contributed by atoms with Crippen LogP contribution in [0.3, 0.4) is 0 Å². The number of hydrogen-bond donors (Lipinski definition) is 1. The van der Waals surface area contributed by atoms with Crippen LogP contribution < -0.4 is 5.32 Å². The van der Waals surface area contributed by atoms with Gasteiger partial charge in [-0.15, -0.1) is 0 Å². The molecular formula is C11H21NO2. The Hall–Kier alpha value is -0.830. The molecule has 0 saturated heterocycles. The molecule has 0 bridgehead atoms. The van der Waals surface area contributed by atoms with E-state index in [-0.39, 0.29) is 5.91 Å². The quantitative estimate of drug-likeness (QED) is 0.479. The van der Waals surface area contributed by atoms with Crippen LogP contribution in [0, 0.1) is 0 Å². The van der Waals surface area contributed by atoms with Crippen LogP contribution in [0.15, 0.2) is 12.2 Å². The summed E-state index contributed by atoms with van der Waals surface area (Å²) in [5, 5.41) is 2.75. The molecule has 3 heteroatoms. The van der Waals surface area contributed by atoms with Crippen molar-refractivity contribution < 1.29 is 9.53 Å². The van der Waals surface area contributed by atoms with E-state index in [0.717, 1.165) is 32.5 Å². The van der Waals surface area contributed by atoms with Gasteiger partial charge in [0.15, 0.2) is 0 Å². The minimum Gasteiger partial charge on any atom is -0.381 e. The summed E-state index contributed by atoms with van der Waals surface area (Å²) in [6, 6.07) is 0. The predicted octanol–water partition coefficient (Wildman–Crippen LogP) is 1.89. The Morgan fingerprint density at radius 3 is 2.57 bits per heavy atom. The highest BCUT2D eigenvalue weighted by atomic mass is 16.5. The predicted molar refractivity (Wildman–Crippen MR) is 58.2 cm³/mol. The molecule has 0 saturated carbocycles. The summed E-state index contributed by atoms with van der Waals surface area (Å²) in [7, 11) is 0. The Bertz CT molecular complexity index is 178. The van der Waals surface area contributed by atoms with Crippen LogP contribution >= 0.6 is 0 Å². The van der Waals surface area contributed by atoms with Gasteiger partial charge in [-0.05, 0) is 19.8 Å². The molecule has 0 aromatic carbocycles. The van der Waals surface area contributed by atoms with E-state index in [1.165, 1.54) is 0 Å². The number of amides is 1. The second-order valence-electron chi connectivity index (χ2n) is 3.36. The summed E-state index contributed by atoms with van der Waals surface area (Å²) >= 11 is 0. The summed E-state index contributed by atoms with van der Waals surface area (Å²) in [6.45, 7) is 9.60. The van der Waals surface area contributed by atoms with Crippen molar-refractivity contribution in [3.63, 3.8) is 0 Å². The second-order valence-corrected chi connectivity index (χ2v) is 3.36. The van der Waals surface area contributed by atoms with Crippen LogP contribution in [0.5, 0.6) is 0 Å². The Labute approximate surface area is 86.5 Å². The summed E-state index contributed by atoms with van der Waals surface area (Å²) < 4.78 is 5.34. The fraction of sp³-hybridized carbons (Fsp3) is 0.727. The van der Waals surface area contributed by atoms with E-state index >= 15 is 0 Å². The molecule has 14 heavy (non-hydrogen) atoms. The number of unbranched alkanes of at least 4 members (excludes halogenated alkanes) is 1. The van der Waals surface area contributed by atoms with E-state index in [9.17, 15) is 4.79 Å². The van der Waals surface area contributed by atoms with Crippen molar-refractivity contribution >= 4 is 5.91 Å². The summed E-state index contributed by atoms with van der Waals surface area (Å²) in [4.78, 5) is 11.0. The standard InChI is InChI=1S/C11H21NO2/c1-4-5-8-14-9-6-7-12-11(13)10(2)3/h2,4-9H2,1,3H3,(H,12,13). The molecular weight excluding hydrogens is 178 g/mol. The maximum atomic E-state index is 11.0. The van der Waals surface area contributed by atoms with Crippen molar-refractivity contribution in [3.05, 3.63) is 12.2 Å². The van der Waals surface area contributed by atoms with Gasteiger partial charge in [-0.1, -0.05) is 19.9 Å². The fourth-order valence-corrected chi connectivity index (χ4v) is 0.876. The molecule has 0 radical (unpaired) electrons. The van der Waals surface area contributed by atoms with Crippen LogP contribution in [0.1, 0.15) is 33.1 Å². The molecule has 0 fully saturated rings. The summed E-state index contributed by atoms with van der Waals surface area (Å²) in [6.07, 6.45) is 3.13. The van der Waals surface area contributed by atoms with Crippen LogP contribution in [-0.4, -0.2) is 25.7 Å². The third-order valence-corrected chi connectivity index (χ3v) is 1.78. The van der Waals surface area contributed by atoms with Gasteiger partial charge in [0.25, 0.3) is 0 Å². The topological polar surface area (TPSA) is 38.3 Å². The molecule has 1 amide bonds. The van der Waals surface area contributed by atoms with E-state index in [4.69, 9.17) is 4.74 Å². The largest absolute Gasteiger partial charge is 0.381 e. The number of carbonyl (C=O) groups excluding carboxylic acids is 1. The Morgan fingerprint density at radius 1 is 1.36 bits per heavy atom. The third kappa shape index (κ3) is 7.80. The molecule has 0 unspecified atom stereocenters. The normalized spacial score (nSPS) is 9.86. The molecule has 82 valence electrons. The van der Waals surface area contributed by atoms with Crippen LogP contribution in [0.25, 0.3) is 0 Å². The van der Waals surface area contributed by atoms with E-state index in [1.54, 1.807) is 6.92 Å². The van der Waals surface area contributed by atoms with Gasteiger partial charge in [0.2, 0.25) is 5.91 Å². The average molecular weight is 199 g/mol. The fourth-order valence-electron chi connectivity index (χ4n) is 0.876. The molecule has 0 heterocycles. The minimum atomic E-state index is -0.0708. The van der Waals surface area contributed by atoms with Crippen molar-refractivity contribution in [3.8, 4) is 0 Å². The van der Waals surface area contributed by atoms with Gasteiger partial charge >= 0.3 is 0 Å². The van der Waals surface area contributed by atoms with Crippen LogP contribution in [0.4, 0.5) is 0 Å². The summed E-state index contributed by atoms with van der Waals surface area (Å²) in [5.41, 5.74) is 0.553. The maximum Gasteiger partial charge on any atom is 0.246 e. The zero-order valence-electron chi connectivity index (χ0n) is 9.27. The molecule has 0 aliphatic carbocycles. The number of ether oxygens (including phenoxy) is 1. The zero-order valence-corrected chi connectivity index (χ0v) is 9.27. The smallest absolute Gasteiger partial charge is 0.246 e. The maximum absolute atomic E-state index is 11.0. The number of rotatable bonds is 8. The first-order valence-electron chi connectivity index (χ1n) is 5.20. The van der Waals surface area contributed by atoms with Gasteiger partial charge in [-0.3, -0.25) is 4.79 Å². The lowest BCUT2D eigenvalue weighted by Gasteiger charge is -2.05. The molecule has 1 N–H and O–H groups in total. The first-order valence-corrected chi connectivity index (χ1v) is 5.20. The van der Waals surface area contributed by atoms with Crippen molar-refractivity contribution in [2.24, 2.45) is 0 Å². The van der Waals surface area contributed by atoms with Crippen molar-refractivity contribution in [2.45, 2.75) is 33.1 Å². The molecule has 0 atom stereocenters. The molecule has 0 aromatic rings. The highest BCUT2D eigenvalue weighted by Gasteiger charge is 1.98. The Morgan fingerprint density at radius 2 is 2.00 bits per heavy atom. The van der Waals surface area contributed by atoms with Gasteiger partial charge in [-0.25, -0.2) is 0 Å². The van der Waals surface area contributed by atoms with E-state index < -0.39 is 0 Å². The van der Waals surface area contributed by atoms with Crippen molar-refractivity contribution in [2.75, 3.05) is 19.8 Å². The Kier molecular flexibility index (Phi) is 8.24.